The van der Waals surface area contributed by atoms with Crippen LogP contribution in [0, 0.1) is 0 Å². The van der Waals surface area contributed by atoms with Crippen molar-refractivity contribution in [2.45, 2.75) is 63.2 Å². The van der Waals surface area contributed by atoms with Gasteiger partial charge in [0.1, 0.15) is 0 Å². The molecule has 3 nitrogen and oxygen atoms in total. The minimum absolute atomic E-state index is 0.369. The molecule has 1 aromatic carbocycles. The van der Waals surface area contributed by atoms with E-state index in [-0.39, 0.29) is 0 Å². The normalized spacial score (nSPS) is 32.8. The zero-order valence-electron chi connectivity index (χ0n) is 13.9. The van der Waals surface area contributed by atoms with Crippen molar-refractivity contribution in [2.75, 3.05) is 6.54 Å². The Hall–Kier alpha value is -1.61. The maximum atomic E-state index is 12.3. The van der Waals surface area contributed by atoms with Crippen LogP contribution in [0.1, 0.15) is 44.6 Å². The quantitative estimate of drug-likeness (QED) is 0.852. The summed E-state index contributed by atoms with van der Waals surface area (Å²) in [7, 11) is 0. The third kappa shape index (κ3) is 2.51. The number of fused-ring (bicyclic) bond motifs is 2. The average molecular weight is 310 g/mol. The van der Waals surface area contributed by atoms with Crippen molar-refractivity contribution in [2.24, 2.45) is 0 Å². The molecule has 5 aliphatic rings. The molecule has 0 radical (unpaired) electrons. The maximum Gasteiger partial charge on any atom is 0.222 e. The third-order valence-corrected chi connectivity index (χ3v) is 5.99. The molecule has 0 aliphatic carbocycles. The number of carbonyl (C=O) groups excluding carboxylic acids is 1. The minimum atomic E-state index is 0.369. The number of benzene rings is 1. The summed E-state index contributed by atoms with van der Waals surface area (Å²) in [6.45, 7) is 3.02. The standard InChI is InChI=1S/C20H26N2O/c1-2-20(23)22-18-12-10-16-19(22)13-11-17(18)21(16)14-6-9-15-7-4-3-5-8-15/h3-9,16-19H,2,10-14H2,1H3/b9-6+. The van der Waals surface area contributed by atoms with Crippen molar-refractivity contribution in [1.29, 1.82) is 0 Å². The van der Waals surface area contributed by atoms with Crippen LogP contribution in [-0.4, -0.2) is 46.4 Å². The molecule has 0 N–H and O–H groups in total. The van der Waals surface area contributed by atoms with Gasteiger partial charge in [-0.15, -0.1) is 0 Å². The molecule has 6 rings (SSSR count). The number of piperidine rings is 4. The van der Waals surface area contributed by atoms with Gasteiger partial charge in [0, 0.05) is 37.1 Å². The molecule has 1 amide bonds. The summed E-state index contributed by atoms with van der Waals surface area (Å²) in [5.74, 6) is 0.369. The Morgan fingerprint density at radius 2 is 1.65 bits per heavy atom. The van der Waals surface area contributed by atoms with Crippen LogP contribution >= 0.6 is 0 Å². The van der Waals surface area contributed by atoms with E-state index in [1.165, 1.54) is 31.2 Å². The molecular formula is C20H26N2O. The molecule has 5 aliphatic heterocycles. The first-order valence-electron chi connectivity index (χ1n) is 9.08. The Kier molecular flexibility index (Phi) is 3.98. The van der Waals surface area contributed by atoms with Gasteiger partial charge < -0.3 is 4.90 Å². The zero-order valence-corrected chi connectivity index (χ0v) is 13.9. The first-order valence-corrected chi connectivity index (χ1v) is 9.08. The highest BCUT2D eigenvalue weighted by Gasteiger charge is 2.55. The topological polar surface area (TPSA) is 23.6 Å². The molecule has 4 unspecified atom stereocenters. The summed E-state index contributed by atoms with van der Waals surface area (Å²) < 4.78 is 0. The van der Waals surface area contributed by atoms with Gasteiger partial charge in [0.25, 0.3) is 0 Å². The van der Waals surface area contributed by atoms with E-state index in [0.717, 1.165) is 6.54 Å². The van der Waals surface area contributed by atoms with Gasteiger partial charge >= 0.3 is 0 Å². The monoisotopic (exact) mass is 310 g/mol. The van der Waals surface area contributed by atoms with Crippen molar-refractivity contribution < 1.29 is 4.79 Å². The molecule has 0 spiro atoms. The van der Waals surface area contributed by atoms with Gasteiger partial charge in [0.15, 0.2) is 0 Å². The molecule has 5 saturated heterocycles. The molecule has 0 saturated carbocycles. The Morgan fingerprint density at radius 1 is 1.04 bits per heavy atom. The van der Waals surface area contributed by atoms with Gasteiger partial charge in [-0.3, -0.25) is 9.69 Å². The molecule has 4 atom stereocenters. The van der Waals surface area contributed by atoms with Gasteiger partial charge in [0.2, 0.25) is 5.91 Å². The Labute approximate surface area is 139 Å². The first kappa shape index (κ1) is 14.9. The molecular weight excluding hydrogens is 284 g/mol. The summed E-state index contributed by atoms with van der Waals surface area (Å²) in [6.07, 6.45) is 10.1. The number of nitrogens with zero attached hydrogens (tertiary/aromatic N) is 2. The smallest absolute Gasteiger partial charge is 0.222 e. The van der Waals surface area contributed by atoms with E-state index in [0.29, 0.717) is 36.5 Å². The lowest BCUT2D eigenvalue weighted by atomic mass is 9.71. The van der Waals surface area contributed by atoms with E-state index >= 15 is 0 Å². The van der Waals surface area contributed by atoms with Crippen LogP contribution in [0.25, 0.3) is 6.08 Å². The summed E-state index contributed by atoms with van der Waals surface area (Å²) >= 11 is 0. The second-order valence-corrected chi connectivity index (χ2v) is 7.09. The van der Waals surface area contributed by atoms with E-state index in [1.54, 1.807) is 0 Å². The number of hydrogen-bond donors (Lipinski definition) is 0. The van der Waals surface area contributed by atoms with Crippen LogP contribution in [0.3, 0.4) is 0 Å². The van der Waals surface area contributed by atoms with E-state index in [4.69, 9.17) is 0 Å². The van der Waals surface area contributed by atoms with Gasteiger partial charge in [-0.1, -0.05) is 49.4 Å². The second-order valence-electron chi connectivity index (χ2n) is 7.09. The Balaban J connectivity index is 1.48. The minimum Gasteiger partial charge on any atom is -0.334 e. The summed E-state index contributed by atoms with van der Waals surface area (Å²) in [6, 6.07) is 12.6. The van der Waals surface area contributed by atoms with Crippen LogP contribution in [0.15, 0.2) is 36.4 Å². The number of carbonyl (C=O) groups is 1. The van der Waals surface area contributed by atoms with E-state index < -0.39 is 0 Å². The highest BCUT2D eigenvalue weighted by molar-refractivity contribution is 5.77. The lowest BCUT2D eigenvalue weighted by Crippen LogP contribution is -2.76. The summed E-state index contributed by atoms with van der Waals surface area (Å²) in [4.78, 5) is 17.3. The second kappa shape index (κ2) is 6.12. The largest absolute Gasteiger partial charge is 0.334 e. The first-order chi connectivity index (χ1) is 11.3. The lowest BCUT2D eigenvalue weighted by Gasteiger charge is -2.64. The highest BCUT2D eigenvalue weighted by atomic mass is 16.2. The van der Waals surface area contributed by atoms with Crippen molar-refractivity contribution in [1.82, 2.24) is 9.80 Å². The van der Waals surface area contributed by atoms with Crippen molar-refractivity contribution >= 4 is 12.0 Å². The molecule has 122 valence electrons. The highest BCUT2D eigenvalue weighted by Crippen LogP contribution is 2.45. The number of rotatable bonds is 4. The number of amides is 1. The Bertz CT molecular complexity index is 577. The molecule has 3 heteroatoms. The molecule has 5 fully saturated rings. The van der Waals surface area contributed by atoms with Gasteiger partial charge in [-0.2, -0.15) is 0 Å². The Morgan fingerprint density at radius 3 is 2.26 bits per heavy atom. The molecule has 0 aromatic heterocycles. The number of piperazine rings is 1. The van der Waals surface area contributed by atoms with E-state index in [1.807, 2.05) is 6.92 Å². The van der Waals surface area contributed by atoms with Crippen molar-refractivity contribution in [3.8, 4) is 0 Å². The van der Waals surface area contributed by atoms with Crippen molar-refractivity contribution in [3.63, 3.8) is 0 Å². The van der Waals surface area contributed by atoms with E-state index in [2.05, 4.69) is 52.3 Å². The predicted molar refractivity (Wildman–Crippen MR) is 92.9 cm³/mol. The third-order valence-electron chi connectivity index (χ3n) is 5.99. The summed E-state index contributed by atoms with van der Waals surface area (Å²) in [5.41, 5.74) is 1.27. The lowest BCUT2D eigenvalue weighted by molar-refractivity contribution is -0.169. The van der Waals surface area contributed by atoms with Crippen molar-refractivity contribution in [3.05, 3.63) is 42.0 Å². The fraction of sp³-hybridized carbons (Fsp3) is 0.550. The molecule has 1 aromatic rings. The summed E-state index contributed by atoms with van der Waals surface area (Å²) in [5, 5.41) is 0. The van der Waals surface area contributed by atoms with Crippen LogP contribution in [0.5, 0.6) is 0 Å². The van der Waals surface area contributed by atoms with Crippen LogP contribution < -0.4 is 0 Å². The number of hydrogen-bond acceptors (Lipinski definition) is 2. The van der Waals surface area contributed by atoms with Crippen LogP contribution in [0.4, 0.5) is 0 Å². The fourth-order valence-corrected chi connectivity index (χ4v) is 5.07. The molecule has 4 bridgehead atoms. The maximum absolute atomic E-state index is 12.3. The predicted octanol–water partition coefficient (Wildman–Crippen LogP) is 3.32. The van der Waals surface area contributed by atoms with Crippen LogP contribution in [-0.2, 0) is 4.79 Å². The van der Waals surface area contributed by atoms with Gasteiger partial charge in [0.05, 0.1) is 0 Å². The molecule has 23 heavy (non-hydrogen) atoms. The molecule has 5 heterocycles. The SMILES string of the molecule is CCC(=O)N1C2CCC3C1CCC2N3C/C=C/c1ccccc1. The zero-order chi connectivity index (χ0) is 15.8. The van der Waals surface area contributed by atoms with E-state index in [9.17, 15) is 4.79 Å². The van der Waals surface area contributed by atoms with Gasteiger partial charge in [-0.05, 0) is 31.2 Å². The van der Waals surface area contributed by atoms with Gasteiger partial charge in [-0.25, -0.2) is 0 Å². The average Bonchev–Trinajstić information content (AvgIpc) is 2.61. The fourth-order valence-electron chi connectivity index (χ4n) is 5.07. The van der Waals surface area contributed by atoms with Crippen LogP contribution in [0.2, 0.25) is 0 Å².